The Balaban J connectivity index is 2.20. The number of hydrogen-bond acceptors (Lipinski definition) is 3. The first-order valence-electron chi connectivity index (χ1n) is 6.17. The van der Waals surface area contributed by atoms with E-state index in [0.29, 0.717) is 17.1 Å². The molecule has 0 atom stereocenters. The molecule has 5 heteroatoms. The van der Waals surface area contributed by atoms with Crippen LogP contribution in [-0.4, -0.2) is 16.8 Å². The van der Waals surface area contributed by atoms with E-state index in [2.05, 4.69) is 15.6 Å². The number of rotatable bonds is 3. The van der Waals surface area contributed by atoms with Gasteiger partial charge in [0.15, 0.2) is 0 Å². The fraction of sp³-hybridized carbons (Fsp3) is 0.133. The van der Waals surface area contributed by atoms with Gasteiger partial charge in [0.05, 0.1) is 11.3 Å². The van der Waals surface area contributed by atoms with Crippen LogP contribution in [0, 0.1) is 6.92 Å². The second kappa shape index (κ2) is 5.97. The number of carbonyl (C=O) groups excluding carboxylic acids is 2. The van der Waals surface area contributed by atoms with Crippen molar-refractivity contribution in [3.63, 3.8) is 0 Å². The van der Waals surface area contributed by atoms with Crippen molar-refractivity contribution in [3.8, 4) is 0 Å². The van der Waals surface area contributed by atoms with Crippen LogP contribution in [0.15, 0.2) is 42.6 Å². The summed E-state index contributed by atoms with van der Waals surface area (Å²) in [7, 11) is 0. The molecule has 2 rings (SSSR count). The van der Waals surface area contributed by atoms with Gasteiger partial charge in [-0.2, -0.15) is 0 Å². The lowest BCUT2D eigenvalue weighted by Gasteiger charge is -2.10. The van der Waals surface area contributed by atoms with Crippen LogP contribution < -0.4 is 10.6 Å². The molecule has 0 spiro atoms. The van der Waals surface area contributed by atoms with Crippen molar-refractivity contribution >= 4 is 23.3 Å². The Morgan fingerprint density at radius 1 is 1.05 bits per heavy atom. The van der Waals surface area contributed by atoms with E-state index in [1.54, 1.807) is 36.5 Å². The molecule has 5 nitrogen and oxygen atoms in total. The van der Waals surface area contributed by atoms with Crippen molar-refractivity contribution in [2.75, 3.05) is 10.6 Å². The molecular weight excluding hydrogens is 254 g/mol. The van der Waals surface area contributed by atoms with Gasteiger partial charge in [0.25, 0.3) is 5.91 Å². The Morgan fingerprint density at radius 2 is 1.80 bits per heavy atom. The third-order valence-electron chi connectivity index (χ3n) is 2.64. The first-order chi connectivity index (χ1) is 9.56. The van der Waals surface area contributed by atoms with E-state index in [1.807, 2.05) is 13.0 Å². The van der Waals surface area contributed by atoms with Crippen molar-refractivity contribution in [1.82, 2.24) is 4.98 Å². The van der Waals surface area contributed by atoms with Gasteiger partial charge >= 0.3 is 0 Å². The van der Waals surface area contributed by atoms with E-state index < -0.39 is 0 Å². The maximum atomic E-state index is 12.2. The van der Waals surface area contributed by atoms with Gasteiger partial charge in [0.1, 0.15) is 5.82 Å². The number of benzene rings is 1. The number of hydrogen-bond donors (Lipinski definition) is 2. The molecule has 0 saturated carbocycles. The summed E-state index contributed by atoms with van der Waals surface area (Å²) >= 11 is 0. The highest BCUT2D eigenvalue weighted by Crippen LogP contribution is 2.16. The van der Waals surface area contributed by atoms with E-state index in [9.17, 15) is 9.59 Å². The molecule has 2 amide bonds. The predicted octanol–water partition coefficient (Wildman–Crippen LogP) is 2.60. The number of aromatic nitrogens is 1. The maximum absolute atomic E-state index is 12.2. The standard InChI is InChI=1S/C15H15N3O2/c1-10-7-8-14(16-9-10)18-15(20)12-5-3-4-6-13(12)17-11(2)19/h3-9H,1-2H3,(H,17,19)(H,16,18,20). The number of aryl methyl sites for hydroxylation is 1. The summed E-state index contributed by atoms with van der Waals surface area (Å²) in [6.07, 6.45) is 1.68. The predicted molar refractivity (Wildman–Crippen MR) is 77.7 cm³/mol. The highest BCUT2D eigenvalue weighted by Gasteiger charge is 2.12. The quantitative estimate of drug-likeness (QED) is 0.899. The molecule has 0 radical (unpaired) electrons. The summed E-state index contributed by atoms with van der Waals surface area (Å²) in [6.45, 7) is 3.32. The summed E-state index contributed by atoms with van der Waals surface area (Å²) in [6, 6.07) is 10.4. The molecule has 1 aromatic heterocycles. The fourth-order valence-electron chi connectivity index (χ4n) is 1.71. The number of nitrogens with zero attached hydrogens (tertiary/aromatic N) is 1. The molecule has 0 bridgehead atoms. The molecule has 102 valence electrons. The molecule has 2 aromatic rings. The Hall–Kier alpha value is -2.69. The largest absolute Gasteiger partial charge is 0.326 e. The molecule has 20 heavy (non-hydrogen) atoms. The normalized spacial score (nSPS) is 9.90. The zero-order valence-electron chi connectivity index (χ0n) is 11.3. The van der Waals surface area contributed by atoms with Gasteiger partial charge in [-0.1, -0.05) is 18.2 Å². The summed E-state index contributed by atoms with van der Waals surface area (Å²) < 4.78 is 0. The number of carbonyl (C=O) groups is 2. The van der Waals surface area contributed by atoms with E-state index in [-0.39, 0.29) is 11.8 Å². The smallest absolute Gasteiger partial charge is 0.258 e. The number of pyridine rings is 1. The lowest BCUT2D eigenvalue weighted by molar-refractivity contribution is -0.114. The monoisotopic (exact) mass is 269 g/mol. The van der Waals surface area contributed by atoms with Crippen LogP contribution >= 0.6 is 0 Å². The van der Waals surface area contributed by atoms with Crippen molar-refractivity contribution < 1.29 is 9.59 Å². The van der Waals surface area contributed by atoms with E-state index in [4.69, 9.17) is 0 Å². The minimum Gasteiger partial charge on any atom is -0.326 e. The van der Waals surface area contributed by atoms with Gasteiger partial charge in [-0.15, -0.1) is 0 Å². The van der Waals surface area contributed by atoms with Crippen LogP contribution in [0.1, 0.15) is 22.8 Å². The van der Waals surface area contributed by atoms with Crippen molar-refractivity contribution in [1.29, 1.82) is 0 Å². The number of nitrogens with one attached hydrogen (secondary N) is 2. The highest BCUT2D eigenvalue weighted by atomic mass is 16.2. The van der Waals surface area contributed by atoms with E-state index in [0.717, 1.165) is 5.56 Å². The summed E-state index contributed by atoms with van der Waals surface area (Å²) in [5.41, 5.74) is 1.89. The van der Waals surface area contributed by atoms with E-state index >= 15 is 0 Å². The molecule has 0 unspecified atom stereocenters. The number of para-hydroxylation sites is 1. The van der Waals surface area contributed by atoms with Crippen molar-refractivity contribution in [2.45, 2.75) is 13.8 Å². The average Bonchev–Trinajstić information content (AvgIpc) is 2.41. The molecule has 0 aliphatic heterocycles. The molecular formula is C15H15N3O2. The fourth-order valence-corrected chi connectivity index (χ4v) is 1.71. The zero-order valence-corrected chi connectivity index (χ0v) is 11.3. The maximum Gasteiger partial charge on any atom is 0.258 e. The van der Waals surface area contributed by atoms with Gasteiger partial charge < -0.3 is 10.6 Å². The summed E-state index contributed by atoms with van der Waals surface area (Å²) in [4.78, 5) is 27.4. The molecule has 0 aliphatic carbocycles. The number of amides is 2. The van der Waals surface area contributed by atoms with Crippen LogP contribution in [0.25, 0.3) is 0 Å². The summed E-state index contributed by atoms with van der Waals surface area (Å²) in [5, 5.41) is 5.33. The van der Waals surface area contributed by atoms with Crippen molar-refractivity contribution in [3.05, 3.63) is 53.7 Å². The van der Waals surface area contributed by atoms with Crippen LogP contribution in [0.2, 0.25) is 0 Å². The number of anilines is 2. The Bertz CT molecular complexity index is 636. The van der Waals surface area contributed by atoms with Gasteiger partial charge in [-0.3, -0.25) is 9.59 Å². The Morgan fingerprint density at radius 3 is 2.45 bits per heavy atom. The summed E-state index contributed by atoms with van der Waals surface area (Å²) in [5.74, 6) is -0.0670. The topological polar surface area (TPSA) is 71.1 Å². The van der Waals surface area contributed by atoms with E-state index in [1.165, 1.54) is 6.92 Å². The molecule has 1 heterocycles. The van der Waals surface area contributed by atoms with Gasteiger partial charge in [-0.25, -0.2) is 4.98 Å². The average molecular weight is 269 g/mol. The lowest BCUT2D eigenvalue weighted by atomic mass is 10.1. The third kappa shape index (κ3) is 3.41. The minimum atomic E-state index is -0.314. The van der Waals surface area contributed by atoms with Crippen LogP contribution in [0.3, 0.4) is 0 Å². The van der Waals surface area contributed by atoms with Crippen LogP contribution in [0.4, 0.5) is 11.5 Å². The molecule has 0 saturated heterocycles. The molecule has 0 aliphatic rings. The Labute approximate surface area is 117 Å². The van der Waals surface area contributed by atoms with Crippen LogP contribution in [-0.2, 0) is 4.79 Å². The zero-order chi connectivity index (χ0) is 14.5. The first-order valence-corrected chi connectivity index (χ1v) is 6.17. The second-order valence-electron chi connectivity index (χ2n) is 4.40. The van der Waals surface area contributed by atoms with Gasteiger partial charge in [0, 0.05) is 13.1 Å². The molecule has 2 N–H and O–H groups in total. The van der Waals surface area contributed by atoms with Gasteiger partial charge in [-0.05, 0) is 30.7 Å². The van der Waals surface area contributed by atoms with Crippen molar-refractivity contribution in [2.24, 2.45) is 0 Å². The minimum absolute atomic E-state index is 0.223. The second-order valence-corrected chi connectivity index (χ2v) is 4.40. The highest BCUT2D eigenvalue weighted by molar-refractivity contribution is 6.09. The molecule has 0 fully saturated rings. The molecule has 1 aromatic carbocycles. The first kappa shape index (κ1) is 13.7. The SMILES string of the molecule is CC(=O)Nc1ccccc1C(=O)Nc1ccc(C)cn1. The lowest BCUT2D eigenvalue weighted by Crippen LogP contribution is -2.17. The van der Waals surface area contributed by atoms with Gasteiger partial charge in [0.2, 0.25) is 5.91 Å². The van der Waals surface area contributed by atoms with Crippen LogP contribution in [0.5, 0.6) is 0 Å². The Kier molecular flexibility index (Phi) is 4.10. The third-order valence-corrected chi connectivity index (χ3v) is 2.64.